The van der Waals surface area contributed by atoms with Crippen LogP contribution < -0.4 is 5.32 Å². The fourth-order valence-electron chi connectivity index (χ4n) is 1.65. The van der Waals surface area contributed by atoms with E-state index >= 15 is 0 Å². The van der Waals surface area contributed by atoms with E-state index in [2.05, 4.69) is 69.0 Å². The average molecular weight is 443 g/mol. The normalized spacial score (nSPS) is 30.4. The van der Waals surface area contributed by atoms with Crippen LogP contribution in [0.4, 0.5) is 0 Å². The van der Waals surface area contributed by atoms with Gasteiger partial charge in [-0.3, -0.25) is 0 Å². The van der Waals surface area contributed by atoms with E-state index in [-0.39, 0.29) is 12.1 Å². The van der Waals surface area contributed by atoms with Gasteiger partial charge < -0.3 is 10.4 Å². The number of hydrogen-bond donors (Lipinski definition) is 3. The lowest BCUT2D eigenvalue weighted by molar-refractivity contribution is 0.0812. The van der Waals surface area contributed by atoms with Gasteiger partial charge in [0.25, 0.3) is 0 Å². The highest BCUT2D eigenvalue weighted by atomic mass is 128. The van der Waals surface area contributed by atoms with Crippen LogP contribution in [-0.4, -0.2) is 29.0 Å². The number of aliphatic hydroxyl groups is 1. The molecule has 14 heavy (non-hydrogen) atoms. The highest BCUT2D eigenvalue weighted by Gasteiger charge is 2.29. The molecule has 4 atom stereocenters. The van der Waals surface area contributed by atoms with Gasteiger partial charge in [0.05, 0.1) is 6.10 Å². The Hall–Kier alpha value is 1.73. The lowest BCUT2D eigenvalue weighted by Crippen LogP contribution is -2.38. The molecule has 0 saturated carbocycles. The Morgan fingerprint density at radius 1 is 1.57 bits per heavy atom. The molecule has 86 valence electrons. The van der Waals surface area contributed by atoms with E-state index in [1.54, 1.807) is 0 Å². The highest BCUT2D eigenvalue weighted by molar-refractivity contribution is 15.0. The van der Waals surface area contributed by atoms with Gasteiger partial charge in [0.15, 0.2) is 0 Å². The molecule has 2 nitrogen and oxygen atoms in total. The van der Waals surface area contributed by atoms with Crippen LogP contribution in [0, 0.1) is 5.92 Å². The first-order chi connectivity index (χ1) is 6.65. The van der Waals surface area contributed by atoms with Crippen molar-refractivity contribution < 1.29 is 5.11 Å². The fraction of sp³-hybridized carbons (Fsp3) is 1.00. The monoisotopic (exact) mass is 443 g/mol. The van der Waals surface area contributed by atoms with Crippen molar-refractivity contribution in [3.8, 4) is 0 Å². The minimum atomic E-state index is -0.202. The number of thiol groups is 1. The standard InChI is InChI=1S/C9H19NOS.I2/c1-3-6(2)9(11)8-4-7(12)5-10-8;1-2/h6-12H,3-5H2,1-2H3;/t6-,7+,8+,9-;/m1./s1. The van der Waals surface area contributed by atoms with E-state index in [0.717, 1.165) is 19.4 Å². The van der Waals surface area contributed by atoms with Crippen LogP contribution in [0.2, 0.25) is 0 Å². The Bertz CT molecular complexity index is 151. The molecule has 0 bridgehead atoms. The molecule has 1 rings (SSSR count). The summed E-state index contributed by atoms with van der Waals surface area (Å²) in [5, 5.41) is 13.6. The first-order valence-corrected chi connectivity index (χ1v) is 11.7. The third kappa shape index (κ3) is 5.18. The summed E-state index contributed by atoms with van der Waals surface area (Å²) < 4.78 is 0. The molecule has 1 aliphatic rings. The molecule has 5 heteroatoms. The van der Waals surface area contributed by atoms with Crippen molar-refractivity contribution in [1.29, 1.82) is 0 Å². The van der Waals surface area contributed by atoms with Gasteiger partial charge in [-0.15, -0.1) is 0 Å². The summed E-state index contributed by atoms with van der Waals surface area (Å²) >= 11 is 8.61. The van der Waals surface area contributed by atoms with Crippen LogP contribution in [0.1, 0.15) is 26.7 Å². The molecule has 1 heterocycles. The van der Waals surface area contributed by atoms with Crippen LogP contribution in [0.3, 0.4) is 0 Å². The van der Waals surface area contributed by atoms with Gasteiger partial charge >= 0.3 is 0 Å². The van der Waals surface area contributed by atoms with Crippen LogP contribution in [0.25, 0.3) is 0 Å². The maximum Gasteiger partial charge on any atom is 0.0718 e. The quantitative estimate of drug-likeness (QED) is 0.464. The lowest BCUT2D eigenvalue weighted by Gasteiger charge is -2.23. The highest BCUT2D eigenvalue weighted by Crippen LogP contribution is 2.20. The van der Waals surface area contributed by atoms with Crippen LogP contribution in [0.15, 0.2) is 0 Å². The molecule has 0 aromatic rings. The lowest BCUT2D eigenvalue weighted by atomic mass is 9.95. The van der Waals surface area contributed by atoms with Gasteiger partial charge in [0.2, 0.25) is 0 Å². The van der Waals surface area contributed by atoms with Crippen molar-refractivity contribution in [2.24, 2.45) is 5.92 Å². The van der Waals surface area contributed by atoms with E-state index in [0.29, 0.717) is 11.2 Å². The summed E-state index contributed by atoms with van der Waals surface area (Å²) in [5.41, 5.74) is 0. The molecule has 0 aromatic heterocycles. The minimum absolute atomic E-state index is 0.202. The van der Waals surface area contributed by atoms with Crippen molar-refractivity contribution in [3.05, 3.63) is 0 Å². The largest absolute Gasteiger partial charge is 0.391 e. The van der Waals surface area contributed by atoms with Crippen molar-refractivity contribution >= 4 is 49.9 Å². The second-order valence-electron chi connectivity index (χ2n) is 3.78. The maximum atomic E-state index is 9.84. The number of halogens is 2. The summed E-state index contributed by atoms with van der Waals surface area (Å²) in [5.74, 6) is 0.390. The summed E-state index contributed by atoms with van der Waals surface area (Å²) in [6.45, 7) is 5.14. The first kappa shape index (κ1) is 15.7. The molecule has 2 N–H and O–H groups in total. The van der Waals surface area contributed by atoms with E-state index < -0.39 is 0 Å². The predicted octanol–water partition coefficient (Wildman–Crippen LogP) is 2.83. The van der Waals surface area contributed by atoms with Crippen molar-refractivity contribution in [2.45, 2.75) is 44.1 Å². The van der Waals surface area contributed by atoms with Crippen molar-refractivity contribution in [2.75, 3.05) is 6.54 Å². The minimum Gasteiger partial charge on any atom is -0.391 e. The van der Waals surface area contributed by atoms with Crippen LogP contribution in [0.5, 0.6) is 0 Å². The van der Waals surface area contributed by atoms with E-state index in [4.69, 9.17) is 0 Å². The smallest absolute Gasteiger partial charge is 0.0718 e. The molecule has 0 spiro atoms. The molecular weight excluding hydrogens is 424 g/mol. The summed E-state index contributed by atoms with van der Waals surface area (Å²) in [7, 11) is 0. The second-order valence-corrected chi connectivity index (χ2v) is 4.51. The maximum absolute atomic E-state index is 9.84. The van der Waals surface area contributed by atoms with Gasteiger partial charge in [-0.05, 0) is 12.3 Å². The Morgan fingerprint density at radius 2 is 2.14 bits per heavy atom. The Kier molecular flexibility index (Phi) is 9.92. The number of nitrogens with one attached hydrogen (secondary N) is 1. The molecule has 1 saturated heterocycles. The van der Waals surface area contributed by atoms with Gasteiger partial charge in [0.1, 0.15) is 0 Å². The third-order valence-electron chi connectivity index (χ3n) is 2.78. The van der Waals surface area contributed by atoms with E-state index in [1.165, 1.54) is 0 Å². The molecule has 1 aliphatic heterocycles. The SMILES string of the molecule is CC[C@@H](C)[C@@H](O)[C@@H]1C[C@H](S)CN1.II. The molecule has 0 aromatic carbocycles. The Morgan fingerprint density at radius 3 is 2.50 bits per heavy atom. The van der Waals surface area contributed by atoms with E-state index in [9.17, 15) is 5.11 Å². The van der Waals surface area contributed by atoms with Crippen LogP contribution >= 0.6 is 49.9 Å². The molecule has 0 aliphatic carbocycles. The topological polar surface area (TPSA) is 32.3 Å². The van der Waals surface area contributed by atoms with Crippen LogP contribution in [-0.2, 0) is 0 Å². The Balaban J connectivity index is 0.000000791. The van der Waals surface area contributed by atoms with Gasteiger partial charge in [0, 0.05) is 55.1 Å². The zero-order valence-corrected chi connectivity index (χ0v) is 13.8. The van der Waals surface area contributed by atoms with Gasteiger partial charge in [-0.25, -0.2) is 0 Å². The molecule has 0 unspecified atom stereocenters. The fourth-order valence-corrected chi connectivity index (χ4v) is 1.98. The number of aliphatic hydroxyl groups excluding tert-OH is 1. The number of hydrogen-bond acceptors (Lipinski definition) is 3. The van der Waals surface area contributed by atoms with Gasteiger partial charge in [-0.2, -0.15) is 12.6 Å². The third-order valence-corrected chi connectivity index (χ3v) is 3.17. The summed E-state index contributed by atoms with van der Waals surface area (Å²) in [6.07, 6.45) is 1.83. The summed E-state index contributed by atoms with van der Waals surface area (Å²) in [4.78, 5) is 0. The molecule has 0 radical (unpaired) electrons. The Labute approximate surface area is 116 Å². The van der Waals surface area contributed by atoms with Crippen molar-refractivity contribution in [1.82, 2.24) is 5.32 Å². The molecule has 1 fully saturated rings. The number of rotatable bonds is 3. The van der Waals surface area contributed by atoms with Crippen molar-refractivity contribution in [3.63, 3.8) is 0 Å². The zero-order chi connectivity index (χ0) is 11.1. The molecular formula is C9H19I2NOS. The van der Waals surface area contributed by atoms with Gasteiger partial charge in [-0.1, -0.05) is 20.3 Å². The molecule has 0 amide bonds. The zero-order valence-electron chi connectivity index (χ0n) is 8.58. The second kappa shape index (κ2) is 8.83. The van der Waals surface area contributed by atoms with E-state index in [1.807, 2.05) is 0 Å². The predicted molar refractivity (Wildman–Crippen MR) is 82.7 cm³/mol. The average Bonchev–Trinajstić information content (AvgIpc) is 2.65. The first-order valence-electron chi connectivity index (χ1n) is 4.89. The summed E-state index contributed by atoms with van der Waals surface area (Å²) in [6, 6.07) is 0.266.